The van der Waals surface area contributed by atoms with Crippen LogP contribution in [0.3, 0.4) is 0 Å². The van der Waals surface area contributed by atoms with Gasteiger partial charge in [-0.1, -0.05) is 35.9 Å². The van der Waals surface area contributed by atoms with Gasteiger partial charge in [-0.3, -0.25) is 0 Å². The Morgan fingerprint density at radius 2 is 1.95 bits per heavy atom. The van der Waals surface area contributed by atoms with Crippen LogP contribution in [0.15, 0.2) is 24.3 Å². The Morgan fingerprint density at radius 1 is 1.21 bits per heavy atom. The van der Waals surface area contributed by atoms with Gasteiger partial charge in [0.05, 0.1) is 6.61 Å². The number of halogens is 1. The summed E-state index contributed by atoms with van der Waals surface area (Å²) in [5.74, 6) is 1.38. The normalized spacial score (nSPS) is 10.5. The number of hydrogen-bond acceptors (Lipinski definition) is 4. The third kappa shape index (κ3) is 3.43. The van der Waals surface area contributed by atoms with Crippen LogP contribution in [-0.2, 0) is 13.2 Å². The molecule has 0 saturated carbocycles. The number of aryl methyl sites for hydroxylation is 1. The summed E-state index contributed by atoms with van der Waals surface area (Å²) in [6, 6.07) is 7.77. The Hall–Kier alpha value is -1.65. The van der Waals surface area contributed by atoms with Gasteiger partial charge in [-0.05, 0) is 25.0 Å². The van der Waals surface area contributed by atoms with Gasteiger partial charge in [-0.2, -0.15) is 0 Å². The molecule has 0 saturated heterocycles. The Labute approximate surface area is 117 Å². The predicted octanol–water partition coefficient (Wildman–Crippen LogP) is 2.85. The number of nitrogens with one attached hydrogen (secondary N) is 1. The second-order valence-corrected chi connectivity index (χ2v) is 4.72. The molecule has 1 aromatic heterocycles. The van der Waals surface area contributed by atoms with E-state index in [0.717, 1.165) is 22.5 Å². The molecule has 2 aromatic rings. The summed E-state index contributed by atoms with van der Waals surface area (Å²) in [7, 11) is 0. The van der Waals surface area contributed by atoms with Crippen LogP contribution in [0.4, 0.5) is 5.82 Å². The van der Waals surface area contributed by atoms with Crippen LogP contribution >= 0.6 is 11.6 Å². The van der Waals surface area contributed by atoms with E-state index in [9.17, 15) is 0 Å². The van der Waals surface area contributed by atoms with E-state index in [1.807, 2.05) is 38.1 Å². The van der Waals surface area contributed by atoms with Crippen molar-refractivity contribution in [3.05, 3.63) is 51.9 Å². The van der Waals surface area contributed by atoms with Crippen molar-refractivity contribution in [2.45, 2.75) is 27.0 Å². The minimum atomic E-state index is 0.0469. The minimum absolute atomic E-state index is 0.0469. The van der Waals surface area contributed by atoms with Gasteiger partial charge < -0.3 is 10.4 Å². The van der Waals surface area contributed by atoms with Gasteiger partial charge in [0.25, 0.3) is 0 Å². The zero-order chi connectivity index (χ0) is 13.8. The van der Waals surface area contributed by atoms with Gasteiger partial charge in [-0.25, -0.2) is 9.97 Å². The number of aliphatic hydroxyl groups excluding tert-OH is 1. The molecule has 100 valence electrons. The van der Waals surface area contributed by atoms with Gasteiger partial charge in [-0.15, -0.1) is 0 Å². The molecule has 19 heavy (non-hydrogen) atoms. The topological polar surface area (TPSA) is 58.0 Å². The first-order valence-electron chi connectivity index (χ1n) is 6.03. The smallest absolute Gasteiger partial charge is 0.137 e. The standard InChI is InChI=1S/C14H16ClN3O/c1-9-13(15)17-10(2)18-14(9)16-7-11-4-3-5-12(6-11)8-19/h3-6,19H,7-8H2,1-2H3,(H,16,17,18). The van der Waals surface area contributed by atoms with Gasteiger partial charge in [0, 0.05) is 12.1 Å². The van der Waals surface area contributed by atoms with Gasteiger partial charge in [0.15, 0.2) is 0 Å². The van der Waals surface area contributed by atoms with Crippen LogP contribution in [0, 0.1) is 13.8 Å². The van der Waals surface area contributed by atoms with E-state index in [0.29, 0.717) is 17.5 Å². The number of benzene rings is 1. The predicted molar refractivity (Wildman–Crippen MR) is 76.2 cm³/mol. The lowest BCUT2D eigenvalue weighted by atomic mass is 10.1. The van der Waals surface area contributed by atoms with E-state index in [1.54, 1.807) is 0 Å². The first-order chi connectivity index (χ1) is 9.10. The SMILES string of the molecule is Cc1nc(Cl)c(C)c(NCc2cccc(CO)c2)n1. The van der Waals surface area contributed by atoms with Crippen LogP contribution in [0.25, 0.3) is 0 Å². The van der Waals surface area contributed by atoms with Crippen molar-refractivity contribution in [3.63, 3.8) is 0 Å². The van der Waals surface area contributed by atoms with Crippen molar-refractivity contribution < 1.29 is 5.11 Å². The van der Waals surface area contributed by atoms with Crippen molar-refractivity contribution in [2.75, 3.05) is 5.32 Å². The van der Waals surface area contributed by atoms with Crippen molar-refractivity contribution in [1.82, 2.24) is 9.97 Å². The lowest BCUT2D eigenvalue weighted by Gasteiger charge is -2.10. The van der Waals surface area contributed by atoms with Crippen LogP contribution in [0.1, 0.15) is 22.5 Å². The first kappa shape index (κ1) is 13.8. The highest BCUT2D eigenvalue weighted by molar-refractivity contribution is 6.30. The second-order valence-electron chi connectivity index (χ2n) is 4.37. The minimum Gasteiger partial charge on any atom is -0.392 e. The van der Waals surface area contributed by atoms with E-state index < -0.39 is 0 Å². The zero-order valence-corrected chi connectivity index (χ0v) is 11.7. The first-order valence-corrected chi connectivity index (χ1v) is 6.41. The maximum absolute atomic E-state index is 9.11. The molecule has 0 aliphatic heterocycles. The molecule has 0 atom stereocenters. The summed E-state index contributed by atoms with van der Waals surface area (Å²) in [6.07, 6.45) is 0. The van der Waals surface area contributed by atoms with E-state index in [2.05, 4.69) is 15.3 Å². The highest BCUT2D eigenvalue weighted by atomic mass is 35.5. The van der Waals surface area contributed by atoms with E-state index in [4.69, 9.17) is 16.7 Å². The average Bonchev–Trinajstić information content (AvgIpc) is 2.41. The molecule has 5 heteroatoms. The molecular weight excluding hydrogens is 262 g/mol. The Morgan fingerprint density at radius 3 is 2.68 bits per heavy atom. The third-order valence-electron chi connectivity index (χ3n) is 2.83. The number of aromatic nitrogens is 2. The summed E-state index contributed by atoms with van der Waals surface area (Å²) < 4.78 is 0. The van der Waals surface area contributed by atoms with Gasteiger partial charge in [0.1, 0.15) is 16.8 Å². The van der Waals surface area contributed by atoms with Crippen LogP contribution in [0.5, 0.6) is 0 Å². The molecule has 2 rings (SSSR count). The summed E-state index contributed by atoms with van der Waals surface area (Å²) in [4.78, 5) is 8.43. The summed E-state index contributed by atoms with van der Waals surface area (Å²) >= 11 is 6.02. The Bertz CT molecular complexity index is 587. The molecule has 0 unspecified atom stereocenters. The van der Waals surface area contributed by atoms with Crippen LogP contribution in [-0.4, -0.2) is 15.1 Å². The highest BCUT2D eigenvalue weighted by Crippen LogP contribution is 2.20. The molecule has 0 aliphatic carbocycles. The van der Waals surface area contributed by atoms with E-state index in [-0.39, 0.29) is 6.61 Å². The lowest BCUT2D eigenvalue weighted by Crippen LogP contribution is -2.06. The quantitative estimate of drug-likeness (QED) is 0.844. The molecule has 4 nitrogen and oxygen atoms in total. The molecule has 0 bridgehead atoms. The Kier molecular flexibility index (Phi) is 4.35. The van der Waals surface area contributed by atoms with Crippen LogP contribution in [0.2, 0.25) is 5.15 Å². The molecule has 0 spiro atoms. The Balaban J connectivity index is 2.14. The fourth-order valence-corrected chi connectivity index (χ4v) is 2.00. The lowest BCUT2D eigenvalue weighted by molar-refractivity contribution is 0.281. The van der Waals surface area contributed by atoms with Crippen molar-refractivity contribution in [1.29, 1.82) is 0 Å². The van der Waals surface area contributed by atoms with Gasteiger partial charge in [0.2, 0.25) is 0 Å². The van der Waals surface area contributed by atoms with Crippen molar-refractivity contribution in [3.8, 4) is 0 Å². The average molecular weight is 278 g/mol. The van der Waals surface area contributed by atoms with Crippen LogP contribution < -0.4 is 5.32 Å². The molecule has 0 aliphatic rings. The fraction of sp³-hybridized carbons (Fsp3) is 0.286. The third-order valence-corrected chi connectivity index (χ3v) is 3.20. The number of nitrogens with zero attached hydrogens (tertiary/aromatic N) is 2. The van der Waals surface area contributed by atoms with Gasteiger partial charge >= 0.3 is 0 Å². The van der Waals surface area contributed by atoms with E-state index in [1.165, 1.54) is 0 Å². The number of aliphatic hydroxyl groups is 1. The summed E-state index contributed by atoms with van der Waals surface area (Å²) in [6.45, 7) is 4.36. The molecule has 2 N–H and O–H groups in total. The molecular formula is C14H16ClN3O. The monoisotopic (exact) mass is 277 g/mol. The molecule has 1 heterocycles. The maximum atomic E-state index is 9.11. The fourth-order valence-electron chi connectivity index (χ4n) is 1.79. The second kappa shape index (κ2) is 5.99. The molecule has 0 fully saturated rings. The summed E-state index contributed by atoms with van der Waals surface area (Å²) in [5, 5.41) is 12.8. The van der Waals surface area contributed by atoms with E-state index >= 15 is 0 Å². The largest absolute Gasteiger partial charge is 0.392 e. The highest BCUT2D eigenvalue weighted by Gasteiger charge is 2.07. The zero-order valence-electron chi connectivity index (χ0n) is 10.9. The number of hydrogen-bond donors (Lipinski definition) is 2. The maximum Gasteiger partial charge on any atom is 0.137 e. The summed E-state index contributed by atoms with van der Waals surface area (Å²) in [5.41, 5.74) is 2.82. The van der Waals surface area contributed by atoms with Crippen molar-refractivity contribution in [2.24, 2.45) is 0 Å². The number of rotatable bonds is 4. The molecule has 1 aromatic carbocycles. The molecule has 0 radical (unpaired) electrons. The molecule has 0 amide bonds. The number of anilines is 1. The van der Waals surface area contributed by atoms with Crippen molar-refractivity contribution >= 4 is 17.4 Å².